The molecule has 26 heavy (non-hydrogen) atoms. The van der Waals surface area contributed by atoms with Crippen LogP contribution in [0.4, 0.5) is 4.79 Å². The highest BCUT2D eigenvalue weighted by Crippen LogP contribution is 2.62. The summed E-state index contributed by atoms with van der Waals surface area (Å²) >= 11 is 3.54. The number of nitrogens with one attached hydrogen (secondary N) is 1. The Hall–Kier alpha value is -2.21. The van der Waals surface area contributed by atoms with Gasteiger partial charge in [0.25, 0.3) is 0 Å². The van der Waals surface area contributed by atoms with Crippen LogP contribution in [0.3, 0.4) is 0 Å². The Bertz CT molecular complexity index is 915. The van der Waals surface area contributed by atoms with Gasteiger partial charge in [0.1, 0.15) is 0 Å². The van der Waals surface area contributed by atoms with E-state index in [4.69, 9.17) is 9.47 Å². The fourth-order valence-corrected chi connectivity index (χ4v) is 5.32. The van der Waals surface area contributed by atoms with Gasteiger partial charge in [-0.2, -0.15) is 0 Å². The van der Waals surface area contributed by atoms with Gasteiger partial charge in [-0.15, -0.1) is 0 Å². The van der Waals surface area contributed by atoms with Gasteiger partial charge in [0.2, 0.25) is 6.79 Å². The number of halogens is 1. The minimum Gasteiger partial charge on any atom is -0.465 e. The molecule has 2 aromatic carbocycles. The third kappa shape index (κ3) is 2.31. The first-order chi connectivity index (χ1) is 12.6. The summed E-state index contributed by atoms with van der Waals surface area (Å²) in [5.74, 6) is 1.80. The maximum Gasteiger partial charge on any atom is 0.404 e. The molecule has 0 saturated heterocycles. The maximum atomic E-state index is 11.4. The number of benzene rings is 2. The van der Waals surface area contributed by atoms with Gasteiger partial charge in [-0.05, 0) is 66.1 Å². The summed E-state index contributed by atoms with van der Waals surface area (Å²) < 4.78 is 11.9. The van der Waals surface area contributed by atoms with E-state index in [0.29, 0.717) is 0 Å². The zero-order chi connectivity index (χ0) is 17.9. The monoisotopic (exact) mass is 415 g/mol. The van der Waals surface area contributed by atoms with Crippen LogP contribution in [0.2, 0.25) is 0 Å². The van der Waals surface area contributed by atoms with E-state index in [1.807, 2.05) is 12.1 Å². The second-order valence-corrected chi connectivity index (χ2v) is 8.18. The molecule has 1 aliphatic heterocycles. The van der Waals surface area contributed by atoms with Crippen LogP contribution in [0, 0.1) is 5.92 Å². The molecule has 0 radical (unpaired) electrons. The Labute approximate surface area is 159 Å². The van der Waals surface area contributed by atoms with Crippen molar-refractivity contribution in [1.82, 2.24) is 5.32 Å². The minimum atomic E-state index is -0.951. The largest absolute Gasteiger partial charge is 0.465 e. The maximum absolute atomic E-state index is 11.4. The number of rotatable bonds is 3. The highest BCUT2D eigenvalue weighted by Gasteiger charge is 2.67. The van der Waals surface area contributed by atoms with Crippen LogP contribution in [0.15, 0.2) is 40.9 Å². The number of hydrogen-bond acceptors (Lipinski definition) is 3. The van der Waals surface area contributed by atoms with Crippen LogP contribution in [0.1, 0.15) is 23.1 Å². The number of carbonyl (C=O) groups is 1. The van der Waals surface area contributed by atoms with Crippen molar-refractivity contribution < 1.29 is 19.4 Å². The number of ether oxygens (including phenoxy) is 2. The summed E-state index contributed by atoms with van der Waals surface area (Å²) in [6.07, 6.45) is 1.84. The Morgan fingerprint density at radius 2 is 2.08 bits per heavy atom. The van der Waals surface area contributed by atoms with Crippen LogP contribution in [0.25, 0.3) is 0 Å². The first-order valence-electron chi connectivity index (χ1n) is 8.75. The van der Waals surface area contributed by atoms with Crippen molar-refractivity contribution >= 4 is 22.0 Å². The highest BCUT2D eigenvalue weighted by atomic mass is 79.9. The van der Waals surface area contributed by atoms with Crippen molar-refractivity contribution in [2.45, 2.75) is 30.7 Å². The summed E-state index contributed by atoms with van der Waals surface area (Å²) in [5, 5.41) is 12.1. The first-order valence-corrected chi connectivity index (χ1v) is 9.54. The van der Waals surface area contributed by atoms with Crippen molar-refractivity contribution in [1.29, 1.82) is 0 Å². The van der Waals surface area contributed by atoms with Crippen molar-refractivity contribution in [3.8, 4) is 11.5 Å². The van der Waals surface area contributed by atoms with Crippen molar-refractivity contribution in [3.63, 3.8) is 0 Å². The average molecular weight is 416 g/mol. The van der Waals surface area contributed by atoms with Gasteiger partial charge < -0.3 is 19.9 Å². The Balaban J connectivity index is 1.47. The summed E-state index contributed by atoms with van der Waals surface area (Å²) in [5.41, 5.74) is 3.68. The van der Waals surface area contributed by atoms with E-state index in [9.17, 15) is 9.90 Å². The molecule has 5 nitrogen and oxygen atoms in total. The zero-order valence-electron chi connectivity index (χ0n) is 14.0. The second-order valence-electron chi connectivity index (χ2n) is 7.27. The molecule has 2 N–H and O–H groups in total. The molecule has 3 atom stereocenters. The molecular weight excluding hydrogens is 398 g/mol. The number of carboxylic acid groups (broad SMARTS) is 1. The molecule has 1 saturated carbocycles. The number of fused-ring (bicyclic) bond motifs is 3. The lowest BCUT2D eigenvalue weighted by Crippen LogP contribution is -2.29. The van der Waals surface area contributed by atoms with Gasteiger partial charge in [-0.25, -0.2) is 4.79 Å². The van der Waals surface area contributed by atoms with Crippen LogP contribution < -0.4 is 14.8 Å². The molecule has 1 unspecified atom stereocenters. The molecular formula is C20H18BrNO4. The smallest absolute Gasteiger partial charge is 0.404 e. The lowest BCUT2D eigenvalue weighted by atomic mass is 9.92. The summed E-state index contributed by atoms with van der Waals surface area (Å²) in [6, 6.07) is 12.3. The van der Waals surface area contributed by atoms with Gasteiger partial charge in [-0.1, -0.05) is 28.1 Å². The van der Waals surface area contributed by atoms with Gasteiger partial charge >= 0.3 is 6.09 Å². The second kappa shape index (κ2) is 5.64. The molecule has 6 heteroatoms. The van der Waals surface area contributed by atoms with Crippen LogP contribution in [-0.4, -0.2) is 24.0 Å². The standard InChI is InChI=1S/C20H18BrNO4/c21-13-2-3-14-12(9-13)5-6-20(14)15(18(20)22-19(23)24)7-11-1-4-16-17(8-11)26-10-25-16/h1-4,8-9,15,18,22H,5-7,10H2,(H,23,24)/t15?,18-,20-/m1/s1. The molecule has 2 aromatic rings. The predicted molar refractivity (Wildman–Crippen MR) is 98.8 cm³/mol. The van der Waals surface area contributed by atoms with E-state index in [0.717, 1.165) is 40.8 Å². The molecule has 1 spiro atoms. The fourth-order valence-electron chi connectivity index (χ4n) is 4.91. The first kappa shape index (κ1) is 16.0. The zero-order valence-corrected chi connectivity index (χ0v) is 15.6. The lowest BCUT2D eigenvalue weighted by molar-refractivity contribution is 0.174. The van der Waals surface area contributed by atoms with E-state index < -0.39 is 6.09 Å². The molecule has 134 valence electrons. The highest BCUT2D eigenvalue weighted by molar-refractivity contribution is 9.10. The van der Waals surface area contributed by atoms with E-state index in [-0.39, 0.29) is 24.2 Å². The minimum absolute atomic E-state index is 0.0483. The molecule has 3 aliphatic rings. The predicted octanol–water partition coefficient (Wildman–Crippen LogP) is 3.87. The molecule has 5 rings (SSSR count). The average Bonchev–Trinajstić information content (AvgIpc) is 2.96. The molecule has 0 bridgehead atoms. The molecule has 2 aliphatic carbocycles. The van der Waals surface area contributed by atoms with Crippen LogP contribution in [0.5, 0.6) is 11.5 Å². The summed E-state index contributed by atoms with van der Waals surface area (Å²) in [4.78, 5) is 11.4. The third-order valence-corrected chi connectivity index (χ3v) is 6.55. The molecule has 1 heterocycles. The third-order valence-electron chi connectivity index (χ3n) is 6.06. The Morgan fingerprint density at radius 3 is 2.92 bits per heavy atom. The van der Waals surface area contributed by atoms with Gasteiger partial charge in [0.05, 0.1) is 0 Å². The van der Waals surface area contributed by atoms with E-state index >= 15 is 0 Å². The Kier molecular flexibility index (Phi) is 3.47. The van der Waals surface area contributed by atoms with E-state index in [1.54, 1.807) is 0 Å². The topological polar surface area (TPSA) is 67.8 Å². The molecule has 1 amide bonds. The normalized spacial score (nSPS) is 27.4. The van der Waals surface area contributed by atoms with Crippen LogP contribution >= 0.6 is 15.9 Å². The number of aryl methyl sites for hydroxylation is 1. The Morgan fingerprint density at radius 1 is 1.23 bits per heavy atom. The van der Waals surface area contributed by atoms with Crippen molar-refractivity contribution in [2.24, 2.45) is 5.92 Å². The SMILES string of the molecule is O=C(O)N[C@@H]1C(Cc2ccc3c(c2)OCO3)[C@]12CCc1cc(Br)ccc12. The van der Waals surface area contributed by atoms with Crippen LogP contribution in [-0.2, 0) is 18.3 Å². The van der Waals surface area contributed by atoms with Crippen molar-refractivity contribution in [3.05, 3.63) is 57.6 Å². The van der Waals surface area contributed by atoms with E-state index in [1.165, 1.54) is 11.1 Å². The van der Waals surface area contributed by atoms with Gasteiger partial charge in [0, 0.05) is 15.9 Å². The molecule has 1 fully saturated rings. The molecule has 0 aromatic heterocycles. The lowest BCUT2D eigenvalue weighted by Gasteiger charge is -2.13. The number of amides is 1. The summed E-state index contributed by atoms with van der Waals surface area (Å²) in [7, 11) is 0. The van der Waals surface area contributed by atoms with Crippen molar-refractivity contribution in [2.75, 3.05) is 6.79 Å². The fraction of sp³-hybridized carbons (Fsp3) is 0.350. The number of hydrogen-bond donors (Lipinski definition) is 2. The van der Waals surface area contributed by atoms with Gasteiger partial charge in [-0.3, -0.25) is 0 Å². The quantitative estimate of drug-likeness (QED) is 0.798. The van der Waals surface area contributed by atoms with Gasteiger partial charge in [0.15, 0.2) is 11.5 Å². The van der Waals surface area contributed by atoms with E-state index in [2.05, 4.69) is 45.5 Å². The summed E-state index contributed by atoms with van der Waals surface area (Å²) in [6.45, 7) is 0.262.